The average molecular weight is 418 g/mol. The molecule has 1 amide bonds. The molecule has 1 saturated heterocycles. The van der Waals surface area contributed by atoms with Crippen molar-refractivity contribution in [2.45, 2.75) is 12.7 Å². The average Bonchev–Trinajstić information content (AvgIpc) is 3.20. The van der Waals surface area contributed by atoms with Crippen LogP contribution in [0.3, 0.4) is 0 Å². The molecule has 0 N–H and O–H groups in total. The second-order valence-corrected chi connectivity index (χ2v) is 7.25. The third-order valence-electron chi connectivity index (χ3n) is 5.16. The molecule has 2 aromatic carbocycles. The number of carbonyl (C=O) groups excluding carboxylic acids is 1. The maximum absolute atomic E-state index is 12.9. The summed E-state index contributed by atoms with van der Waals surface area (Å²) in [5.41, 5.74) is 0.825. The maximum atomic E-state index is 12.9. The Kier molecular flexibility index (Phi) is 5.67. The molecule has 30 heavy (non-hydrogen) atoms. The highest BCUT2D eigenvalue weighted by atomic mass is 19.4. The SMILES string of the molecule is O=C(C=Cc1ccc2c(c1)OCO2)N1CCN(Cc2cccc(C(F)(F)F)c2)CC1. The molecule has 2 heterocycles. The summed E-state index contributed by atoms with van der Waals surface area (Å²) in [5.74, 6) is 1.26. The van der Waals surface area contributed by atoms with Gasteiger partial charge in [0.1, 0.15) is 0 Å². The van der Waals surface area contributed by atoms with Crippen LogP contribution in [-0.4, -0.2) is 48.7 Å². The monoisotopic (exact) mass is 418 g/mol. The Labute approximate surface area is 172 Å². The van der Waals surface area contributed by atoms with E-state index in [1.54, 1.807) is 23.1 Å². The second kappa shape index (κ2) is 8.39. The molecular formula is C22H21F3N2O3. The zero-order valence-electron chi connectivity index (χ0n) is 16.2. The van der Waals surface area contributed by atoms with E-state index in [4.69, 9.17) is 9.47 Å². The number of halogens is 3. The van der Waals surface area contributed by atoms with Crippen LogP contribution in [0.2, 0.25) is 0 Å². The zero-order valence-corrected chi connectivity index (χ0v) is 16.2. The molecule has 8 heteroatoms. The number of ether oxygens (including phenoxy) is 2. The fourth-order valence-electron chi connectivity index (χ4n) is 3.52. The summed E-state index contributed by atoms with van der Waals surface area (Å²) >= 11 is 0. The van der Waals surface area contributed by atoms with Crippen LogP contribution in [0, 0.1) is 0 Å². The van der Waals surface area contributed by atoms with Crippen LogP contribution in [0.4, 0.5) is 13.2 Å². The Balaban J connectivity index is 1.29. The number of hydrogen-bond donors (Lipinski definition) is 0. The number of benzene rings is 2. The number of nitrogens with zero attached hydrogens (tertiary/aromatic N) is 2. The minimum atomic E-state index is -4.34. The molecule has 2 aliphatic rings. The van der Waals surface area contributed by atoms with E-state index in [-0.39, 0.29) is 12.7 Å². The molecule has 0 atom stereocenters. The van der Waals surface area contributed by atoms with Crippen LogP contribution in [-0.2, 0) is 17.5 Å². The van der Waals surface area contributed by atoms with Crippen molar-refractivity contribution in [1.82, 2.24) is 9.80 Å². The number of rotatable bonds is 4. The zero-order chi connectivity index (χ0) is 21.1. The van der Waals surface area contributed by atoms with Crippen LogP contribution in [0.5, 0.6) is 11.5 Å². The van der Waals surface area contributed by atoms with Crippen molar-refractivity contribution in [1.29, 1.82) is 0 Å². The van der Waals surface area contributed by atoms with Gasteiger partial charge in [-0.15, -0.1) is 0 Å². The molecule has 0 unspecified atom stereocenters. The lowest BCUT2D eigenvalue weighted by Crippen LogP contribution is -2.47. The highest BCUT2D eigenvalue weighted by Crippen LogP contribution is 2.33. The number of fused-ring (bicyclic) bond motifs is 1. The van der Waals surface area contributed by atoms with Crippen molar-refractivity contribution in [3.05, 3.63) is 65.2 Å². The molecule has 5 nitrogen and oxygen atoms in total. The Hall–Kier alpha value is -3.00. The first-order chi connectivity index (χ1) is 14.4. The lowest BCUT2D eigenvalue weighted by Gasteiger charge is -2.34. The van der Waals surface area contributed by atoms with Crippen LogP contribution in [0.1, 0.15) is 16.7 Å². The number of amides is 1. The summed E-state index contributed by atoms with van der Waals surface area (Å²) in [6.07, 6.45) is -1.08. The fraction of sp³-hybridized carbons (Fsp3) is 0.318. The summed E-state index contributed by atoms with van der Waals surface area (Å²) in [4.78, 5) is 16.3. The Morgan fingerprint density at radius 2 is 1.77 bits per heavy atom. The van der Waals surface area contributed by atoms with E-state index >= 15 is 0 Å². The lowest BCUT2D eigenvalue weighted by molar-refractivity contribution is -0.137. The van der Waals surface area contributed by atoms with Crippen molar-refractivity contribution in [2.24, 2.45) is 0 Å². The summed E-state index contributed by atoms with van der Waals surface area (Å²) in [6, 6.07) is 10.9. The van der Waals surface area contributed by atoms with Gasteiger partial charge in [0.25, 0.3) is 0 Å². The van der Waals surface area contributed by atoms with Crippen LogP contribution in [0.25, 0.3) is 6.08 Å². The van der Waals surface area contributed by atoms with E-state index in [1.165, 1.54) is 18.2 Å². The molecule has 158 valence electrons. The van der Waals surface area contributed by atoms with Gasteiger partial charge in [-0.05, 0) is 35.4 Å². The molecule has 2 aromatic rings. The number of hydrogen-bond acceptors (Lipinski definition) is 4. The first-order valence-corrected chi connectivity index (χ1v) is 9.64. The minimum absolute atomic E-state index is 0.0913. The van der Waals surface area contributed by atoms with Gasteiger partial charge in [0.2, 0.25) is 12.7 Å². The van der Waals surface area contributed by atoms with Crippen molar-refractivity contribution in [3.8, 4) is 11.5 Å². The third kappa shape index (κ3) is 4.76. The highest BCUT2D eigenvalue weighted by Gasteiger charge is 2.30. The number of piperazine rings is 1. The van der Waals surface area contributed by atoms with Gasteiger partial charge < -0.3 is 14.4 Å². The molecule has 0 saturated carbocycles. The van der Waals surface area contributed by atoms with Crippen molar-refractivity contribution in [2.75, 3.05) is 33.0 Å². The van der Waals surface area contributed by atoms with E-state index in [0.717, 1.165) is 11.6 Å². The number of carbonyl (C=O) groups is 1. The van der Waals surface area contributed by atoms with E-state index in [1.807, 2.05) is 12.1 Å². The molecule has 2 aliphatic heterocycles. The van der Waals surface area contributed by atoms with Crippen molar-refractivity contribution >= 4 is 12.0 Å². The Morgan fingerprint density at radius 3 is 2.53 bits per heavy atom. The van der Waals surface area contributed by atoms with E-state index in [0.29, 0.717) is 49.8 Å². The standard InChI is InChI=1S/C22H21F3N2O3/c23-22(24,25)18-3-1-2-17(12-18)14-26-8-10-27(11-9-26)21(28)7-5-16-4-6-19-20(13-16)30-15-29-19/h1-7,12-13H,8-11,14-15H2. The van der Waals surface area contributed by atoms with Gasteiger partial charge in [-0.2, -0.15) is 13.2 Å². The predicted molar refractivity (Wildman–Crippen MR) is 105 cm³/mol. The van der Waals surface area contributed by atoms with E-state index in [9.17, 15) is 18.0 Å². The quantitative estimate of drug-likeness (QED) is 0.709. The van der Waals surface area contributed by atoms with Gasteiger partial charge >= 0.3 is 6.18 Å². The van der Waals surface area contributed by atoms with Gasteiger partial charge in [0.05, 0.1) is 5.56 Å². The maximum Gasteiger partial charge on any atom is 0.416 e. The highest BCUT2D eigenvalue weighted by molar-refractivity contribution is 5.92. The van der Waals surface area contributed by atoms with Crippen molar-refractivity contribution in [3.63, 3.8) is 0 Å². The molecule has 0 aliphatic carbocycles. The van der Waals surface area contributed by atoms with Crippen molar-refractivity contribution < 1.29 is 27.4 Å². The first-order valence-electron chi connectivity index (χ1n) is 9.64. The van der Waals surface area contributed by atoms with Crippen LogP contribution < -0.4 is 9.47 Å². The summed E-state index contributed by atoms with van der Waals surface area (Å²) in [5, 5.41) is 0. The molecule has 1 fully saturated rings. The normalized spacial score (nSPS) is 17.0. The molecule has 4 rings (SSSR count). The lowest BCUT2D eigenvalue weighted by atomic mass is 10.1. The topological polar surface area (TPSA) is 42.0 Å². The molecular weight excluding hydrogens is 397 g/mol. The summed E-state index contributed by atoms with van der Waals surface area (Å²) in [6.45, 7) is 2.91. The molecule has 0 spiro atoms. The molecule has 0 radical (unpaired) electrons. The first kappa shape index (κ1) is 20.3. The largest absolute Gasteiger partial charge is 0.454 e. The fourth-order valence-corrected chi connectivity index (χ4v) is 3.52. The smallest absolute Gasteiger partial charge is 0.416 e. The number of alkyl halides is 3. The summed E-state index contributed by atoms with van der Waals surface area (Å²) < 4.78 is 49.2. The third-order valence-corrected chi connectivity index (χ3v) is 5.16. The van der Waals surface area contributed by atoms with Gasteiger partial charge in [-0.1, -0.05) is 24.3 Å². The van der Waals surface area contributed by atoms with Crippen LogP contribution in [0.15, 0.2) is 48.5 Å². The Bertz CT molecular complexity index is 951. The van der Waals surface area contributed by atoms with Gasteiger partial charge in [0.15, 0.2) is 11.5 Å². The summed E-state index contributed by atoms with van der Waals surface area (Å²) in [7, 11) is 0. The van der Waals surface area contributed by atoms with Gasteiger partial charge in [0, 0.05) is 38.8 Å². The Morgan fingerprint density at radius 1 is 1.00 bits per heavy atom. The minimum Gasteiger partial charge on any atom is -0.454 e. The van der Waals surface area contributed by atoms with Crippen LogP contribution >= 0.6 is 0 Å². The van der Waals surface area contributed by atoms with Gasteiger partial charge in [-0.3, -0.25) is 9.69 Å². The van der Waals surface area contributed by atoms with E-state index in [2.05, 4.69) is 4.90 Å². The van der Waals surface area contributed by atoms with E-state index < -0.39 is 11.7 Å². The second-order valence-electron chi connectivity index (χ2n) is 7.25. The predicted octanol–water partition coefficient (Wildman–Crippen LogP) is 3.79. The molecule has 0 bridgehead atoms. The molecule has 0 aromatic heterocycles. The van der Waals surface area contributed by atoms with Gasteiger partial charge in [-0.25, -0.2) is 0 Å².